The van der Waals surface area contributed by atoms with Crippen LogP contribution in [0.5, 0.6) is 0 Å². The highest BCUT2D eigenvalue weighted by molar-refractivity contribution is 4.47. The SMILES string of the molecule is C=COCCCC.F. The molecule has 0 unspecified atom stereocenters. The van der Waals surface area contributed by atoms with Crippen LogP contribution in [0.4, 0.5) is 4.70 Å². The zero-order chi connectivity index (χ0) is 5.54. The van der Waals surface area contributed by atoms with Gasteiger partial charge in [0.15, 0.2) is 0 Å². The summed E-state index contributed by atoms with van der Waals surface area (Å²) in [5.74, 6) is 0. The molecule has 0 aromatic rings. The van der Waals surface area contributed by atoms with Crippen LogP contribution in [0, 0.1) is 0 Å². The highest BCUT2D eigenvalue weighted by Gasteiger charge is 1.76. The Morgan fingerprint density at radius 1 is 1.62 bits per heavy atom. The van der Waals surface area contributed by atoms with Crippen LogP contribution in [0.25, 0.3) is 0 Å². The summed E-state index contributed by atoms with van der Waals surface area (Å²) in [7, 11) is 0. The van der Waals surface area contributed by atoms with Crippen molar-refractivity contribution in [3.63, 3.8) is 0 Å². The Kier molecular flexibility index (Phi) is 12.7. The van der Waals surface area contributed by atoms with Crippen LogP contribution in [0.1, 0.15) is 19.8 Å². The first-order valence-corrected chi connectivity index (χ1v) is 2.64. The van der Waals surface area contributed by atoms with Crippen LogP contribution in [-0.4, -0.2) is 6.61 Å². The second-order valence-corrected chi connectivity index (χ2v) is 1.39. The molecule has 0 fully saturated rings. The zero-order valence-electron chi connectivity index (χ0n) is 5.22. The summed E-state index contributed by atoms with van der Waals surface area (Å²) in [6.07, 6.45) is 3.80. The minimum absolute atomic E-state index is 0. The molecule has 8 heavy (non-hydrogen) atoms. The lowest BCUT2D eigenvalue weighted by Gasteiger charge is -1.93. The van der Waals surface area contributed by atoms with E-state index in [0.29, 0.717) is 0 Å². The largest absolute Gasteiger partial charge is 0.502 e. The summed E-state index contributed by atoms with van der Waals surface area (Å²) in [5, 5.41) is 0. The monoisotopic (exact) mass is 120 g/mol. The summed E-state index contributed by atoms with van der Waals surface area (Å²) in [5.41, 5.74) is 0. The summed E-state index contributed by atoms with van der Waals surface area (Å²) in [6.45, 7) is 6.36. The molecule has 0 aromatic heterocycles. The van der Waals surface area contributed by atoms with Gasteiger partial charge in [-0.2, -0.15) is 0 Å². The van der Waals surface area contributed by atoms with E-state index in [4.69, 9.17) is 4.74 Å². The maximum Gasteiger partial charge on any atom is 0.0872 e. The van der Waals surface area contributed by atoms with Crippen molar-refractivity contribution in [3.8, 4) is 0 Å². The summed E-state index contributed by atoms with van der Waals surface area (Å²) < 4.78 is 4.84. The average molecular weight is 120 g/mol. The summed E-state index contributed by atoms with van der Waals surface area (Å²) in [6, 6.07) is 0. The van der Waals surface area contributed by atoms with Gasteiger partial charge in [-0.1, -0.05) is 19.9 Å². The van der Waals surface area contributed by atoms with Crippen molar-refractivity contribution in [3.05, 3.63) is 12.8 Å². The van der Waals surface area contributed by atoms with E-state index in [1.54, 1.807) is 0 Å². The van der Waals surface area contributed by atoms with Crippen molar-refractivity contribution in [2.24, 2.45) is 0 Å². The average Bonchev–Trinajstić information content (AvgIpc) is 1.69. The van der Waals surface area contributed by atoms with Crippen LogP contribution in [0.15, 0.2) is 12.8 Å². The normalized spacial score (nSPS) is 7.12. The van der Waals surface area contributed by atoms with Crippen molar-refractivity contribution in [1.29, 1.82) is 0 Å². The third-order valence-corrected chi connectivity index (χ3v) is 0.734. The molecule has 0 aromatic carbocycles. The van der Waals surface area contributed by atoms with E-state index >= 15 is 0 Å². The molecule has 0 aliphatic rings. The van der Waals surface area contributed by atoms with Crippen molar-refractivity contribution in [2.75, 3.05) is 6.61 Å². The van der Waals surface area contributed by atoms with E-state index in [-0.39, 0.29) is 4.70 Å². The van der Waals surface area contributed by atoms with Crippen LogP contribution < -0.4 is 0 Å². The molecule has 0 N–H and O–H groups in total. The first kappa shape index (κ1) is 10.5. The number of halogens is 1. The molecule has 0 amide bonds. The first-order chi connectivity index (χ1) is 3.41. The van der Waals surface area contributed by atoms with Crippen molar-refractivity contribution in [2.45, 2.75) is 19.8 Å². The van der Waals surface area contributed by atoms with Crippen molar-refractivity contribution in [1.82, 2.24) is 0 Å². The third kappa shape index (κ3) is 9.08. The molecule has 50 valence electrons. The van der Waals surface area contributed by atoms with Gasteiger partial charge in [0.2, 0.25) is 0 Å². The second-order valence-electron chi connectivity index (χ2n) is 1.39. The molecule has 0 spiro atoms. The van der Waals surface area contributed by atoms with Gasteiger partial charge >= 0.3 is 0 Å². The van der Waals surface area contributed by atoms with Crippen molar-refractivity contribution < 1.29 is 9.44 Å². The highest BCUT2D eigenvalue weighted by atomic mass is 19.0. The summed E-state index contributed by atoms with van der Waals surface area (Å²) in [4.78, 5) is 0. The van der Waals surface area contributed by atoms with Gasteiger partial charge in [0.1, 0.15) is 0 Å². The Balaban J connectivity index is 0. The molecular formula is C6H13FO. The highest BCUT2D eigenvalue weighted by Crippen LogP contribution is 1.85. The molecule has 0 heterocycles. The molecule has 0 atom stereocenters. The Hall–Kier alpha value is -0.530. The van der Waals surface area contributed by atoms with Gasteiger partial charge in [-0.25, -0.2) is 0 Å². The molecule has 0 rings (SSSR count). The molecule has 0 aliphatic heterocycles. The standard InChI is InChI=1S/C6H12O.FH/c1-3-5-6-7-4-2;/h4H,2-3,5-6H2,1H3;1H. The van der Waals surface area contributed by atoms with E-state index in [0.717, 1.165) is 13.0 Å². The molecule has 0 radical (unpaired) electrons. The van der Waals surface area contributed by atoms with Gasteiger partial charge in [-0.05, 0) is 6.42 Å². The van der Waals surface area contributed by atoms with Gasteiger partial charge in [-0.15, -0.1) is 0 Å². The fourth-order valence-electron chi connectivity index (χ4n) is 0.311. The van der Waals surface area contributed by atoms with E-state index in [1.165, 1.54) is 12.7 Å². The van der Waals surface area contributed by atoms with Crippen LogP contribution in [0.3, 0.4) is 0 Å². The lowest BCUT2D eigenvalue weighted by Crippen LogP contribution is -1.83. The van der Waals surface area contributed by atoms with Gasteiger partial charge in [0.25, 0.3) is 0 Å². The third-order valence-electron chi connectivity index (χ3n) is 0.734. The van der Waals surface area contributed by atoms with Gasteiger partial charge in [0.05, 0.1) is 12.9 Å². The maximum atomic E-state index is 4.84. The molecule has 0 saturated carbocycles. The van der Waals surface area contributed by atoms with Gasteiger partial charge in [-0.3, -0.25) is 4.70 Å². The molecule has 2 heteroatoms. The first-order valence-electron chi connectivity index (χ1n) is 2.64. The number of hydrogen-bond acceptors (Lipinski definition) is 1. The van der Waals surface area contributed by atoms with Crippen LogP contribution in [-0.2, 0) is 4.74 Å². The van der Waals surface area contributed by atoms with Crippen LogP contribution in [0.2, 0.25) is 0 Å². The van der Waals surface area contributed by atoms with E-state index in [9.17, 15) is 0 Å². The Morgan fingerprint density at radius 3 is 2.62 bits per heavy atom. The maximum absolute atomic E-state index is 4.84. The zero-order valence-corrected chi connectivity index (χ0v) is 5.22. The fraction of sp³-hybridized carbons (Fsp3) is 0.667. The number of unbranched alkanes of at least 4 members (excludes halogenated alkanes) is 1. The number of rotatable bonds is 4. The van der Waals surface area contributed by atoms with Gasteiger partial charge in [0, 0.05) is 0 Å². The van der Waals surface area contributed by atoms with E-state index < -0.39 is 0 Å². The van der Waals surface area contributed by atoms with Crippen molar-refractivity contribution >= 4 is 0 Å². The Bertz CT molecular complexity index is 45.8. The molecule has 1 nitrogen and oxygen atoms in total. The Morgan fingerprint density at radius 2 is 2.25 bits per heavy atom. The van der Waals surface area contributed by atoms with E-state index in [1.807, 2.05) is 0 Å². The second kappa shape index (κ2) is 9.69. The lowest BCUT2D eigenvalue weighted by molar-refractivity contribution is 0.245. The quantitative estimate of drug-likeness (QED) is 0.408. The number of ether oxygens (including phenoxy) is 1. The molecular weight excluding hydrogens is 107 g/mol. The van der Waals surface area contributed by atoms with Gasteiger partial charge < -0.3 is 4.74 Å². The predicted octanol–water partition coefficient (Wildman–Crippen LogP) is 2.10. The predicted molar refractivity (Wildman–Crippen MR) is 33.6 cm³/mol. The minimum atomic E-state index is 0. The minimum Gasteiger partial charge on any atom is -0.502 e. The Labute approximate surface area is 49.7 Å². The molecule has 0 aliphatic carbocycles. The lowest BCUT2D eigenvalue weighted by atomic mass is 10.4. The topological polar surface area (TPSA) is 9.23 Å². The number of hydrogen-bond donors (Lipinski definition) is 0. The summed E-state index contributed by atoms with van der Waals surface area (Å²) >= 11 is 0. The molecule has 0 saturated heterocycles. The molecule has 0 bridgehead atoms. The fourth-order valence-corrected chi connectivity index (χ4v) is 0.311. The van der Waals surface area contributed by atoms with Crippen LogP contribution >= 0.6 is 0 Å². The smallest absolute Gasteiger partial charge is 0.0872 e. The van der Waals surface area contributed by atoms with E-state index in [2.05, 4.69) is 13.5 Å².